The third-order valence-electron chi connectivity index (χ3n) is 4.87. The first-order chi connectivity index (χ1) is 13.8. The molecule has 1 saturated heterocycles. The molecule has 0 aromatic carbocycles. The van der Waals surface area contributed by atoms with Crippen molar-refractivity contribution < 1.29 is 13.2 Å². The second-order valence-electron chi connectivity index (χ2n) is 7.35. The van der Waals surface area contributed by atoms with Gasteiger partial charge < -0.3 is 10.2 Å². The Hall–Kier alpha value is -2.53. The zero-order chi connectivity index (χ0) is 21.0. The number of aryl methyl sites for hydroxylation is 1. The van der Waals surface area contributed by atoms with Crippen molar-refractivity contribution >= 4 is 21.9 Å². The van der Waals surface area contributed by atoms with Gasteiger partial charge in [-0.1, -0.05) is 0 Å². The third kappa shape index (κ3) is 5.30. The second-order valence-corrected chi connectivity index (χ2v) is 9.33. The van der Waals surface area contributed by atoms with Gasteiger partial charge in [-0.2, -0.15) is 5.10 Å². The lowest BCUT2D eigenvalue weighted by Gasteiger charge is -2.18. The summed E-state index contributed by atoms with van der Waals surface area (Å²) in [6, 6.07) is 1.86. The molecule has 2 aromatic rings. The highest BCUT2D eigenvalue weighted by molar-refractivity contribution is 7.88. The van der Waals surface area contributed by atoms with Gasteiger partial charge in [0.15, 0.2) is 0 Å². The fourth-order valence-electron chi connectivity index (χ4n) is 3.31. The average Bonchev–Trinajstić information content (AvgIpc) is 3.36. The van der Waals surface area contributed by atoms with E-state index < -0.39 is 10.0 Å². The first-order valence-electron chi connectivity index (χ1n) is 9.50. The van der Waals surface area contributed by atoms with Gasteiger partial charge in [0.25, 0.3) is 5.91 Å². The van der Waals surface area contributed by atoms with Crippen molar-refractivity contribution in [3.63, 3.8) is 0 Å². The lowest BCUT2D eigenvalue weighted by atomic mass is 10.00. The van der Waals surface area contributed by atoms with E-state index in [0.717, 1.165) is 6.42 Å². The minimum absolute atomic E-state index is 0.142. The zero-order valence-corrected chi connectivity index (χ0v) is 17.8. The van der Waals surface area contributed by atoms with E-state index >= 15 is 0 Å². The van der Waals surface area contributed by atoms with Crippen LogP contribution in [-0.4, -0.2) is 78.4 Å². The first kappa shape index (κ1) is 21.2. The molecular weight excluding hydrogens is 394 g/mol. The number of hydrogen-bond acceptors (Lipinski definition) is 7. The molecule has 1 N–H and O–H groups in total. The Balaban J connectivity index is 1.72. The molecule has 3 heterocycles. The molecule has 158 valence electrons. The average molecular weight is 422 g/mol. The largest absolute Gasteiger partial charge is 0.352 e. The monoisotopic (exact) mass is 421 g/mol. The molecule has 1 aliphatic heterocycles. The molecule has 0 spiro atoms. The number of rotatable bonds is 8. The molecule has 10 nitrogen and oxygen atoms in total. The summed E-state index contributed by atoms with van der Waals surface area (Å²) in [5.74, 6) is 0.105. The Labute approximate surface area is 171 Å². The minimum atomic E-state index is -3.27. The van der Waals surface area contributed by atoms with Gasteiger partial charge in [-0.3, -0.25) is 9.48 Å². The van der Waals surface area contributed by atoms with Crippen molar-refractivity contribution in [1.29, 1.82) is 0 Å². The van der Waals surface area contributed by atoms with Crippen LogP contribution in [-0.2, 0) is 16.6 Å². The van der Waals surface area contributed by atoms with Crippen molar-refractivity contribution in [2.24, 2.45) is 0 Å². The van der Waals surface area contributed by atoms with E-state index in [-0.39, 0.29) is 11.8 Å². The highest BCUT2D eigenvalue weighted by atomic mass is 32.2. The molecule has 2 aromatic heterocycles. The molecule has 1 aliphatic rings. The molecule has 0 bridgehead atoms. The molecule has 11 heteroatoms. The quantitative estimate of drug-likeness (QED) is 0.610. The molecule has 1 amide bonds. The number of anilines is 1. The van der Waals surface area contributed by atoms with Gasteiger partial charge in [0.1, 0.15) is 0 Å². The van der Waals surface area contributed by atoms with E-state index in [1.165, 1.54) is 16.8 Å². The van der Waals surface area contributed by atoms with Crippen LogP contribution in [0.5, 0.6) is 0 Å². The Morgan fingerprint density at radius 1 is 1.38 bits per heavy atom. The van der Waals surface area contributed by atoms with Gasteiger partial charge in [0.05, 0.1) is 17.5 Å². The van der Waals surface area contributed by atoms with E-state index in [1.54, 1.807) is 11.1 Å². The summed E-state index contributed by atoms with van der Waals surface area (Å²) < 4.78 is 27.0. The van der Waals surface area contributed by atoms with Crippen LogP contribution in [0.3, 0.4) is 0 Å². The van der Waals surface area contributed by atoms with Crippen LogP contribution in [0.15, 0.2) is 24.7 Å². The summed E-state index contributed by atoms with van der Waals surface area (Å²) in [5, 5.41) is 7.05. The van der Waals surface area contributed by atoms with Gasteiger partial charge in [0.2, 0.25) is 16.0 Å². The summed E-state index contributed by atoms with van der Waals surface area (Å²) in [4.78, 5) is 23.4. The summed E-state index contributed by atoms with van der Waals surface area (Å²) in [7, 11) is 0.379. The maximum absolute atomic E-state index is 12.8. The summed E-state index contributed by atoms with van der Waals surface area (Å²) in [5.41, 5.74) is 0.995. The number of nitrogens with one attached hydrogen (secondary N) is 1. The summed E-state index contributed by atoms with van der Waals surface area (Å²) in [6.07, 6.45) is 7.69. The summed E-state index contributed by atoms with van der Waals surface area (Å²) in [6.45, 7) is 1.95. The highest BCUT2D eigenvalue weighted by Gasteiger charge is 2.33. The maximum Gasteiger partial charge on any atom is 0.254 e. The Bertz CT molecular complexity index is 944. The number of nitrogens with zero attached hydrogens (tertiary/aromatic N) is 6. The fraction of sp³-hybridized carbons (Fsp3) is 0.556. The van der Waals surface area contributed by atoms with Crippen LogP contribution in [0.1, 0.15) is 34.8 Å². The number of sulfonamides is 1. The van der Waals surface area contributed by atoms with Crippen LogP contribution < -0.4 is 10.2 Å². The van der Waals surface area contributed by atoms with Crippen LogP contribution in [0.25, 0.3) is 0 Å². The van der Waals surface area contributed by atoms with E-state index in [2.05, 4.69) is 20.4 Å². The van der Waals surface area contributed by atoms with Gasteiger partial charge in [-0.05, 0) is 18.9 Å². The third-order valence-corrected chi connectivity index (χ3v) is 6.14. The van der Waals surface area contributed by atoms with Crippen LogP contribution in [0.4, 0.5) is 5.95 Å². The lowest BCUT2D eigenvalue weighted by Crippen LogP contribution is -2.30. The molecule has 1 fully saturated rings. The normalized spacial score (nSPS) is 17.4. The molecule has 3 rings (SSSR count). The van der Waals surface area contributed by atoms with Crippen molar-refractivity contribution in [1.82, 2.24) is 29.4 Å². The van der Waals surface area contributed by atoms with Gasteiger partial charge in [0, 0.05) is 64.8 Å². The SMILES string of the molecule is CN(C)c1ncc(C(=O)NCCCn2cccn2)c(C2CCN(S(C)(=O)=O)C2)n1. The van der Waals surface area contributed by atoms with Gasteiger partial charge in [-0.15, -0.1) is 0 Å². The predicted molar refractivity (Wildman–Crippen MR) is 109 cm³/mol. The smallest absolute Gasteiger partial charge is 0.254 e. The summed E-state index contributed by atoms with van der Waals surface area (Å²) >= 11 is 0. The minimum Gasteiger partial charge on any atom is -0.352 e. The number of aromatic nitrogens is 4. The van der Waals surface area contributed by atoms with Crippen LogP contribution >= 0.6 is 0 Å². The van der Waals surface area contributed by atoms with E-state index in [1.807, 2.05) is 31.0 Å². The van der Waals surface area contributed by atoms with Crippen molar-refractivity contribution in [2.75, 3.05) is 44.9 Å². The Kier molecular flexibility index (Phi) is 6.48. The number of amides is 1. The van der Waals surface area contributed by atoms with Crippen molar-refractivity contribution in [2.45, 2.75) is 25.3 Å². The molecule has 1 atom stereocenters. The van der Waals surface area contributed by atoms with Crippen LogP contribution in [0.2, 0.25) is 0 Å². The predicted octanol–water partition coefficient (Wildman–Crippen LogP) is 0.308. The van der Waals surface area contributed by atoms with Crippen LogP contribution in [0, 0.1) is 0 Å². The first-order valence-corrected chi connectivity index (χ1v) is 11.4. The standard InChI is InChI=1S/C18H27N7O3S/c1-23(2)18-20-12-15(17(26)19-7-4-9-24-10-5-8-21-24)16(22-18)14-6-11-25(13-14)29(3,27)28/h5,8,10,12,14H,4,6-7,9,11,13H2,1-3H3,(H,19,26). The molecule has 1 unspecified atom stereocenters. The van der Waals surface area contributed by atoms with E-state index in [0.29, 0.717) is 49.8 Å². The zero-order valence-electron chi connectivity index (χ0n) is 16.9. The maximum atomic E-state index is 12.8. The topological polar surface area (TPSA) is 113 Å². The second kappa shape index (κ2) is 8.87. The molecule has 0 radical (unpaired) electrons. The fourth-order valence-corrected chi connectivity index (χ4v) is 4.20. The number of carbonyl (C=O) groups is 1. The van der Waals surface area contributed by atoms with Crippen molar-refractivity contribution in [3.8, 4) is 0 Å². The number of hydrogen-bond donors (Lipinski definition) is 1. The van der Waals surface area contributed by atoms with E-state index in [4.69, 9.17) is 0 Å². The van der Waals surface area contributed by atoms with Crippen molar-refractivity contribution in [3.05, 3.63) is 35.9 Å². The highest BCUT2D eigenvalue weighted by Crippen LogP contribution is 2.30. The molecular formula is C18H27N7O3S. The Morgan fingerprint density at radius 2 is 2.17 bits per heavy atom. The molecule has 29 heavy (non-hydrogen) atoms. The molecule has 0 aliphatic carbocycles. The van der Waals surface area contributed by atoms with Gasteiger partial charge in [-0.25, -0.2) is 22.7 Å². The van der Waals surface area contributed by atoms with Gasteiger partial charge >= 0.3 is 0 Å². The Morgan fingerprint density at radius 3 is 2.79 bits per heavy atom. The van der Waals surface area contributed by atoms with E-state index in [9.17, 15) is 13.2 Å². The lowest BCUT2D eigenvalue weighted by molar-refractivity contribution is 0.0950. The molecule has 0 saturated carbocycles. The number of carbonyl (C=O) groups excluding carboxylic acids is 1.